The molecule has 5 heteroatoms. The van der Waals surface area contributed by atoms with Crippen LogP contribution in [0, 0.1) is 5.92 Å². The highest BCUT2D eigenvalue weighted by atomic mass is 32.1. The Hall–Kier alpha value is -2.66. The van der Waals surface area contributed by atoms with Crippen molar-refractivity contribution in [2.45, 2.75) is 12.8 Å². The number of anilines is 2. The van der Waals surface area contributed by atoms with Gasteiger partial charge in [-0.2, -0.15) is 0 Å². The van der Waals surface area contributed by atoms with Gasteiger partial charge in [-0.05, 0) is 54.6 Å². The summed E-state index contributed by atoms with van der Waals surface area (Å²) in [4.78, 5) is 24.8. The molecule has 2 amide bonds. The van der Waals surface area contributed by atoms with E-state index >= 15 is 0 Å². The van der Waals surface area contributed by atoms with Gasteiger partial charge in [0.2, 0.25) is 5.91 Å². The van der Waals surface area contributed by atoms with Crippen LogP contribution in [0.4, 0.5) is 11.4 Å². The largest absolute Gasteiger partial charge is 0.326 e. The minimum absolute atomic E-state index is 0.0806. The van der Waals surface area contributed by atoms with E-state index in [2.05, 4.69) is 10.6 Å². The van der Waals surface area contributed by atoms with Crippen LogP contribution in [0.1, 0.15) is 22.5 Å². The third kappa shape index (κ3) is 3.16. The van der Waals surface area contributed by atoms with Gasteiger partial charge in [0.05, 0.1) is 4.88 Å². The van der Waals surface area contributed by atoms with Crippen LogP contribution >= 0.6 is 11.3 Å². The fourth-order valence-corrected chi connectivity index (χ4v) is 3.47. The van der Waals surface area contributed by atoms with Gasteiger partial charge in [-0.1, -0.05) is 18.2 Å². The van der Waals surface area contributed by atoms with Crippen molar-refractivity contribution >= 4 is 44.6 Å². The average molecular weight is 336 g/mol. The number of amides is 2. The third-order valence-electron chi connectivity index (χ3n) is 4.01. The molecule has 4 rings (SSSR count). The summed E-state index contributed by atoms with van der Waals surface area (Å²) in [5.41, 5.74) is 1.47. The van der Waals surface area contributed by atoms with E-state index in [0.29, 0.717) is 10.6 Å². The Morgan fingerprint density at radius 2 is 1.58 bits per heavy atom. The lowest BCUT2D eigenvalue weighted by Gasteiger charge is -2.07. The molecule has 0 aliphatic heterocycles. The fraction of sp³-hybridized carbons (Fsp3) is 0.158. The van der Waals surface area contributed by atoms with Gasteiger partial charge in [0.15, 0.2) is 0 Å². The summed E-state index contributed by atoms with van der Waals surface area (Å²) in [5, 5.41) is 6.85. The molecule has 0 spiro atoms. The number of carbonyl (C=O) groups excluding carboxylic acids is 2. The maximum Gasteiger partial charge on any atom is 0.265 e. The van der Waals surface area contributed by atoms with Gasteiger partial charge in [-0.25, -0.2) is 0 Å². The molecule has 1 saturated carbocycles. The second-order valence-electron chi connectivity index (χ2n) is 5.94. The highest BCUT2D eigenvalue weighted by Gasteiger charge is 2.29. The lowest BCUT2D eigenvalue weighted by atomic mass is 10.2. The first-order valence-corrected chi connectivity index (χ1v) is 8.71. The number of rotatable bonds is 4. The van der Waals surface area contributed by atoms with Crippen molar-refractivity contribution in [2.75, 3.05) is 10.6 Å². The smallest absolute Gasteiger partial charge is 0.265 e. The standard InChI is InChI=1S/C19H16N2O2S/c22-18(12-5-6-12)20-14-7-9-15(10-8-14)21-19(23)17-11-13-3-1-2-4-16(13)24-17/h1-4,7-12H,5-6H2,(H,20,22)(H,21,23). The molecule has 1 aliphatic carbocycles. The molecule has 2 aromatic carbocycles. The molecule has 120 valence electrons. The van der Waals surface area contributed by atoms with Crippen molar-refractivity contribution in [1.82, 2.24) is 0 Å². The van der Waals surface area contributed by atoms with E-state index in [0.717, 1.165) is 28.6 Å². The Balaban J connectivity index is 1.44. The van der Waals surface area contributed by atoms with Gasteiger partial charge in [-0.3, -0.25) is 9.59 Å². The molecule has 0 unspecified atom stereocenters. The molecule has 1 heterocycles. The van der Waals surface area contributed by atoms with E-state index in [9.17, 15) is 9.59 Å². The van der Waals surface area contributed by atoms with Gasteiger partial charge >= 0.3 is 0 Å². The van der Waals surface area contributed by atoms with Crippen molar-refractivity contribution in [3.05, 3.63) is 59.5 Å². The molecular weight excluding hydrogens is 320 g/mol. The average Bonchev–Trinajstić information content (AvgIpc) is 3.35. The van der Waals surface area contributed by atoms with E-state index in [1.165, 1.54) is 11.3 Å². The zero-order valence-corrected chi connectivity index (χ0v) is 13.7. The number of hydrogen-bond acceptors (Lipinski definition) is 3. The molecule has 1 aliphatic rings. The van der Waals surface area contributed by atoms with Crippen LogP contribution in [-0.2, 0) is 4.79 Å². The molecule has 2 N–H and O–H groups in total. The highest BCUT2D eigenvalue weighted by molar-refractivity contribution is 7.20. The van der Waals surface area contributed by atoms with Crippen molar-refractivity contribution in [3.63, 3.8) is 0 Å². The molecule has 4 nitrogen and oxygen atoms in total. The molecule has 3 aromatic rings. The highest BCUT2D eigenvalue weighted by Crippen LogP contribution is 2.30. The number of nitrogens with one attached hydrogen (secondary N) is 2. The monoisotopic (exact) mass is 336 g/mol. The molecule has 1 fully saturated rings. The summed E-state index contributed by atoms with van der Waals surface area (Å²) in [5.74, 6) is 0.139. The molecule has 0 atom stereocenters. The number of thiophene rings is 1. The molecule has 0 bridgehead atoms. The minimum atomic E-state index is -0.119. The van der Waals surface area contributed by atoms with Gasteiger partial charge in [0, 0.05) is 22.0 Å². The number of carbonyl (C=O) groups is 2. The van der Waals surface area contributed by atoms with Crippen LogP contribution in [0.5, 0.6) is 0 Å². The van der Waals surface area contributed by atoms with Crippen molar-refractivity contribution in [3.8, 4) is 0 Å². The van der Waals surface area contributed by atoms with Crippen LogP contribution in [0.3, 0.4) is 0 Å². The van der Waals surface area contributed by atoms with E-state index < -0.39 is 0 Å². The van der Waals surface area contributed by atoms with Gasteiger partial charge < -0.3 is 10.6 Å². The number of fused-ring (bicyclic) bond motifs is 1. The zero-order valence-electron chi connectivity index (χ0n) is 12.9. The predicted octanol–water partition coefficient (Wildman–Crippen LogP) is 4.50. The van der Waals surface area contributed by atoms with E-state index in [4.69, 9.17) is 0 Å². The van der Waals surface area contributed by atoms with E-state index in [1.807, 2.05) is 30.3 Å². The lowest BCUT2D eigenvalue weighted by Crippen LogP contribution is -2.13. The first-order valence-electron chi connectivity index (χ1n) is 7.90. The molecule has 0 radical (unpaired) electrons. The van der Waals surface area contributed by atoms with Crippen LogP contribution in [0.15, 0.2) is 54.6 Å². The Bertz CT molecular complexity index is 878. The summed E-state index contributed by atoms with van der Waals surface area (Å²) in [7, 11) is 0. The van der Waals surface area contributed by atoms with Gasteiger partial charge in [-0.15, -0.1) is 11.3 Å². The zero-order chi connectivity index (χ0) is 16.5. The summed E-state index contributed by atoms with van der Waals surface area (Å²) in [6, 6.07) is 17.1. The van der Waals surface area contributed by atoms with Crippen molar-refractivity contribution < 1.29 is 9.59 Å². The maximum atomic E-state index is 12.4. The van der Waals surface area contributed by atoms with Gasteiger partial charge in [0.1, 0.15) is 0 Å². The second kappa shape index (κ2) is 6.09. The van der Waals surface area contributed by atoms with E-state index in [1.54, 1.807) is 24.3 Å². The predicted molar refractivity (Wildman–Crippen MR) is 97.6 cm³/mol. The maximum absolute atomic E-state index is 12.4. The lowest BCUT2D eigenvalue weighted by molar-refractivity contribution is -0.117. The van der Waals surface area contributed by atoms with Crippen LogP contribution in [0.2, 0.25) is 0 Å². The van der Waals surface area contributed by atoms with Crippen molar-refractivity contribution in [1.29, 1.82) is 0 Å². The third-order valence-corrected chi connectivity index (χ3v) is 5.12. The second-order valence-corrected chi connectivity index (χ2v) is 7.03. The molecule has 24 heavy (non-hydrogen) atoms. The summed E-state index contributed by atoms with van der Waals surface area (Å²) in [6.45, 7) is 0. The Kier molecular flexibility index (Phi) is 3.78. The first kappa shape index (κ1) is 14.9. The fourth-order valence-electron chi connectivity index (χ4n) is 2.51. The van der Waals surface area contributed by atoms with Gasteiger partial charge in [0.25, 0.3) is 5.91 Å². The number of hydrogen-bond donors (Lipinski definition) is 2. The molecule has 1 aromatic heterocycles. The summed E-state index contributed by atoms with van der Waals surface area (Å²) >= 11 is 1.48. The quantitative estimate of drug-likeness (QED) is 0.737. The Labute approximate surface area is 143 Å². The normalized spacial score (nSPS) is 13.7. The SMILES string of the molecule is O=C(Nc1ccc(NC(=O)C2CC2)cc1)c1cc2ccccc2s1. The first-order chi connectivity index (χ1) is 11.7. The Morgan fingerprint density at radius 3 is 2.25 bits per heavy atom. The van der Waals surface area contributed by atoms with Crippen LogP contribution in [-0.4, -0.2) is 11.8 Å². The van der Waals surface area contributed by atoms with E-state index in [-0.39, 0.29) is 17.7 Å². The van der Waals surface area contributed by atoms with Crippen LogP contribution < -0.4 is 10.6 Å². The summed E-state index contributed by atoms with van der Waals surface area (Å²) in [6.07, 6.45) is 1.96. The molecular formula is C19H16N2O2S. The molecule has 0 saturated heterocycles. The Morgan fingerprint density at radius 1 is 0.917 bits per heavy atom. The topological polar surface area (TPSA) is 58.2 Å². The number of benzene rings is 2. The summed E-state index contributed by atoms with van der Waals surface area (Å²) < 4.78 is 1.10. The van der Waals surface area contributed by atoms with Crippen molar-refractivity contribution in [2.24, 2.45) is 5.92 Å². The minimum Gasteiger partial charge on any atom is -0.326 e. The van der Waals surface area contributed by atoms with Crippen LogP contribution in [0.25, 0.3) is 10.1 Å².